The Morgan fingerprint density at radius 2 is 2.21 bits per heavy atom. The van der Waals surface area contributed by atoms with Crippen LogP contribution in [-0.2, 0) is 11.3 Å². The van der Waals surface area contributed by atoms with Gasteiger partial charge in [-0.1, -0.05) is 12.1 Å². The average Bonchev–Trinajstić information content (AvgIpc) is 3.25. The number of nitrogens with one attached hydrogen (secondary N) is 1. The van der Waals surface area contributed by atoms with Gasteiger partial charge in [0.05, 0.1) is 12.7 Å². The molecule has 0 aromatic heterocycles. The van der Waals surface area contributed by atoms with Crippen LogP contribution in [0.5, 0.6) is 0 Å². The van der Waals surface area contributed by atoms with Gasteiger partial charge in [-0.15, -0.1) is 0 Å². The highest BCUT2D eigenvalue weighted by molar-refractivity contribution is 5.98. The summed E-state index contributed by atoms with van der Waals surface area (Å²) in [4.78, 5) is 14.4. The van der Waals surface area contributed by atoms with Crippen molar-refractivity contribution in [1.82, 2.24) is 10.2 Å². The molecule has 1 amide bonds. The predicted octanol–water partition coefficient (Wildman–Crippen LogP) is 1.47. The monoisotopic (exact) mass is 258 g/mol. The third kappa shape index (κ3) is 1.95. The number of ether oxygens (including phenoxy) is 1. The molecule has 3 aliphatic rings. The lowest BCUT2D eigenvalue weighted by Gasteiger charge is -2.24. The Kier molecular flexibility index (Phi) is 2.60. The molecule has 0 bridgehead atoms. The molecule has 1 aliphatic carbocycles. The van der Waals surface area contributed by atoms with Crippen molar-refractivity contribution in [1.29, 1.82) is 0 Å². The first-order valence-electron chi connectivity index (χ1n) is 7.09. The van der Waals surface area contributed by atoms with Gasteiger partial charge in [-0.2, -0.15) is 0 Å². The highest BCUT2D eigenvalue weighted by Gasteiger charge is 2.38. The molecular formula is C15H18N2O2. The summed E-state index contributed by atoms with van der Waals surface area (Å²) in [6, 6.07) is 6.75. The lowest BCUT2D eigenvalue weighted by molar-refractivity contribution is 0.0276. The quantitative estimate of drug-likeness (QED) is 0.873. The molecule has 2 fully saturated rings. The van der Waals surface area contributed by atoms with Crippen LogP contribution in [0, 0.1) is 0 Å². The molecule has 1 N–H and O–H groups in total. The van der Waals surface area contributed by atoms with E-state index in [0.29, 0.717) is 6.04 Å². The van der Waals surface area contributed by atoms with Crippen LogP contribution in [0.25, 0.3) is 0 Å². The number of hydrogen-bond donors (Lipinski definition) is 1. The van der Waals surface area contributed by atoms with E-state index in [1.54, 1.807) is 0 Å². The Morgan fingerprint density at radius 1 is 1.32 bits per heavy atom. The molecule has 0 radical (unpaired) electrons. The molecule has 1 saturated carbocycles. The van der Waals surface area contributed by atoms with Crippen LogP contribution >= 0.6 is 0 Å². The van der Waals surface area contributed by atoms with Crippen molar-refractivity contribution in [2.45, 2.75) is 31.5 Å². The molecule has 4 heteroatoms. The topological polar surface area (TPSA) is 41.6 Å². The fraction of sp³-hybridized carbons (Fsp3) is 0.533. The van der Waals surface area contributed by atoms with Gasteiger partial charge < -0.3 is 15.0 Å². The second-order valence-electron chi connectivity index (χ2n) is 5.64. The normalized spacial score (nSPS) is 26.6. The lowest BCUT2D eigenvalue weighted by Crippen LogP contribution is -2.33. The Bertz CT molecular complexity index is 519. The number of carbonyl (C=O) groups excluding carboxylic acids is 1. The third-order valence-corrected chi connectivity index (χ3v) is 4.25. The Morgan fingerprint density at radius 3 is 2.95 bits per heavy atom. The summed E-state index contributed by atoms with van der Waals surface area (Å²) in [5, 5.41) is 3.33. The number of amides is 1. The first kappa shape index (κ1) is 11.4. The van der Waals surface area contributed by atoms with Crippen molar-refractivity contribution in [2.24, 2.45) is 0 Å². The first-order chi connectivity index (χ1) is 9.33. The standard InChI is InChI=1S/C15H18N2O2/c18-15-13-7-10(14-8-16-5-6-19-14)1-2-11(13)9-17(15)12-3-4-12/h1-2,7,12,14,16H,3-6,8-9H2. The van der Waals surface area contributed by atoms with Crippen molar-refractivity contribution in [3.63, 3.8) is 0 Å². The molecule has 1 aromatic carbocycles. The van der Waals surface area contributed by atoms with Crippen LogP contribution in [0.1, 0.15) is 40.4 Å². The van der Waals surface area contributed by atoms with Crippen molar-refractivity contribution in [3.8, 4) is 0 Å². The van der Waals surface area contributed by atoms with Crippen LogP contribution in [0.4, 0.5) is 0 Å². The molecule has 4 rings (SSSR count). The predicted molar refractivity (Wildman–Crippen MR) is 70.9 cm³/mol. The van der Waals surface area contributed by atoms with Crippen molar-refractivity contribution in [2.75, 3.05) is 19.7 Å². The Hall–Kier alpha value is -1.39. The second-order valence-corrected chi connectivity index (χ2v) is 5.64. The number of carbonyl (C=O) groups is 1. The van der Waals surface area contributed by atoms with E-state index in [-0.39, 0.29) is 12.0 Å². The van der Waals surface area contributed by atoms with Gasteiger partial charge in [0.15, 0.2) is 0 Å². The molecule has 2 heterocycles. The highest BCUT2D eigenvalue weighted by Crippen LogP contribution is 2.35. The van der Waals surface area contributed by atoms with E-state index in [2.05, 4.69) is 17.4 Å². The number of nitrogens with zero attached hydrogens (tertiary/aromatic N) is 1. The van der Waals surface area contributed by atoms with Crippen LogP contribution in [0.2, 0.25) is 0 Å². The fourth-order valence-electron chi connectivity index (χ4n) is 3.00. The summed E-state index contributed by atoms with van der Waals surface area (Å²) in [5.41, 5.74) is 3.18. The molecule has 2 aliphatic heterocycles. The minimum Gasteiger partial charge on any atom is -0.371 e. The van der Waals surface area contributed by atoms with E-state index in [1.807, 2.05) is 11.0 Å². The van der Waals surface area contributed by atoms with Gasteiger partial charge in [-0.3, -0.25) is 4.79 Å². The van der Waals surface area contributed by atoms with Gasteiger partial charge in [0.1, 0.15) is 0 Å². The minimum absolute atomic E-state index is 0.0850. The maximum Gasteiger partial charge on any atom is 0.254 e. The summed E-state index contributed by atoms with van der Waals surface area (Å²) in [6.07, 6.45) is 2.42. The van der Waals surface area contributed by atoms with E-state index in [0.717, 1.165) is 37.4 Å². The van der Waals surface area contributed by atoms with E-state index < -0.39 is 0 Å². The zero-order valence-electron chi connectivity index (χ0n) is 10.9. The lowest BCUT2D eigenvalue weighted by atomic mass is 10.0. The van der Waals surface area contributed by atoms with Gasteiger partial charge >= 0.3 is 0 Å². The van der Waals surface area contributed by atoms with Crippen molar-refractivity contribution < 1.29 is 9.53 Å². The van der Waals surface area contributed by atoms with Crippen LogP contribution in [-0.4, -0.2) is 36.5 Å². The first-order valence-corrected chi connectivity index (χ1v) is 7.09. The van der Waals surface area contributed by atoms with Gasteiger partial charge in [0, 0.05) is 31.2 Å². The van der Waals surface area contributed by atoms with Gasteiger partial charge in [-0.05, 0) is 30.0 Å². The van der Waals surface area contributed by atoms with Gasteiger partial charge in [-0.25, -0.2) is 0 Å². The second kappa shape index (κ2) is 4.32. The molecule has 0 spiro atoms. The molecule has 1 atom stereocenters. The minimum atomic E-state index is 0.0850. The van der Waals surface area contributed by atoms with Crippen LogP contribution in [0.3, 0.4) is 0 Å². The third-order valence-electron chi connectivity index (χ3n) is 4.25. The molecule has 4 nitrogen and oxygen atoms in total. The molecule has 100 valence electrons. The van der Waals surface area contributed by atoms with Crippen molar-refractivity contribution >= 4 is 5.91 Å². The van der Waals surface area contributed by atoms with Gasteiger partial charge in [0.25, 0.3) is 5.91 Å². The molecule has 1 saturated heterocycles. The number of benzene rings is 1. The van der Waals surface area contributed by atoms with Gasteiger partial charge in [0.2, 0.25) is 0 Å². The zero-order chi connectivity index (χ0) is 12.8. The van der Waals surface area contributed by atoms with Crippen LogP contribution < -0.4 is 5.32 Å². The van der Waals surface area contributed by atoms with E-state index in [4.69, 9.17) is 4.74 Å². The largest absolute Gasteiger partial charge is 0.371 e. The molecule has 1 aromatic rings. The summed E-state index contributed by atoms with van der Waals surface area (Å²) in [7, 11) is 0. The summed E-state index contributed by atoms with van der Waals surface area (Å²) < 4.78 is 5.76. The van der Waals surface area contributed by atoms with E-state index in [1.165, 1.54) is 18.4 Å². The Labute approximate surface area is 112 Å². The number of fused-ring (bicyclic) bond motifs is 1. The Balaban J connectivity index is 1.62. The van der Waals surface area contributed by atoms with E-state index in [9.17, 15) is 4.79 Å². The number of morpholine rings is 1. The maximum atomic E-state index is 12.4. The smallest absolute Gasteiger partial charge is 0.254 e. The highest BCUT2D eigenvalue weighted by atomic mass is 16.5. The fourth-order valence-corrected chi connectivity index (χ4v) is 3.00. The zero-order valence-corrected chi connectivity index (χ0v) is 10.9. The SMILES string of the molecule is O=C1c2cc(C3CNCCO3)ccc2CN1C1CC1. The maximum absolute atomic E-state index is 12.4. The number of rotatable bonds is 2. The number of hydrogen-bond acceptors (Lipinski definition) is 3. The van der Waals surface area contributed by atoms with Crippen molar-refractivity contribution in [3.05, 3.63) is 34.9 Å². The molecule has 19 heavy (non-hydrogen) atoms. The summed E-state index contributed by atoms with van der Waals surface area (Å²) in [6.45, 7) is 3.28. The molecule has 1 unspecified atom stereocenters. The van der Waals surface area contributed by atoms with E-state index >= 15 is 0 Å². The summed E-state index contributed by atoms with van der Waals surface area (Å²) in [5.74, 6) is 0.211. The summed E-state index contributed by atoms with van der Waals surface area (Å²) >= 11 is 0. The average molecular weight is 258 g/mol. The molecular weight excluding hydrogens is 240 g/mol. The van der Waals surface area contributed by atoms with Crippen LogP contribution in [0.15, 0.2) is 18.2 Å².